The molecule has 0 saturated carbocycles. The largest absolute Gasteiger partial charge is 0.114 e. The fraction of sp³-hybridized carbons (Fsp3) is 0.0588. The van der Waals surface area contributed by atoms with Crippen LogP contribution in [0.4, 0.5) is 0 Å². The summed E-state index contributed by atoms with van der Waals surface area (Å²) in [5, 5.41) is 2.50. The number of rotatable bonds is 1. The highest BCUT2D eigenvalue weighted by atomic mass is 14.1. The molecule has 0 heterocycles. The fourth-order valence-corrected chi connectivity index (χ4v) is 2.28. The highest BCUT2D eigenvalue weighted by molar-refractivity contribution is 6.36. The molecule has 0 bridgehead atoms. The van der Waals surface area contributed by atoms with Crippen molar-refractivity contribution in [2.75, 3.05) is 0 Å². The van der Waals surface area contributed by atoms with Gasteiger partial charge in [-0.25, -0.2) is 0 Å². The minimum absolute atomic E-state index is 0.830. The topological polar surface area (TPSA) is 0 Å². The molecule has 0 fully saturated rings. The molecule has 1 heteroatoms. The van der Waals surface area contributed by atoms with Crippen LogP contribution in [0.3, 0.4) is 0 Å². The molecule has 84 valence electrons. The molecule has 0 aliphatic heterocycles. The summed E-state index contributed by atoms with van der Waals surface area (Å²) in [6, 6.07) is 21.0. The maximum Gasteiger partial charge on any atom is 0.114 e. The van der Waals surface area contributed by atoms with Gasteiger partial charge in [0.15, 0.2) is 0 Å². The van der Waals surface area contributed by atoms with Crippen LogP contribution in [0.15, 0.2) is 60.7 Å². The van der Waals surface area contributed by atoms with Crippen molar-refractivity contribution in [1.29, 1.82) is 0 Å². The van der Waals surface area contributed by atoms with Gasteiger partial charge >= 0.3 is 0 Å². The van der Waals surface area contributed by atoms with E-state index >= 15 is 0 Å². The predicted molar refractivity (Wildman–Crippen MR) is 79.5 cm³/mol. The molecular formula is C17H13B. The Morgan fingerprint density at radius 1 is 0.778 bits per heavy atom. The van der Waals surface area contributed by atoms with Crippen LogP contribution in [0.25, 0.3) is 21.9 Å². The van der Waals surface area contributed by atoms with Gasteiger partial charge in [0.05, 0.1) is 0 Å². The summed E-state index contributed by atoms with van der Waals surface area (Å²) in [4.78, 5) is 0. The normalized spacial score (nSPS) is 10.7. The van der Waals surface area contributed by atoms with Crippen LogP contribution in [0.2, 0.25) is 0 Å². The minimum atomic E-state index is 0.830. The molecule has 0 unspecified atom stereocenters. The van der Waals surface area contributed by atoms with Crippen molar-refractivity contribution in [3.8, 4) is 11.1 Å². The summed E-state index contributed by atoms with van der Waals surface area (Å²) in [6.45, 7) is 2.09. The first-order valence-electron chi connectivity index (χ1n) is 6.09. The zero-order valence-electron chi connectivity index (χ0n) is 10.4. The second kappa shape index (κ2) is 4.34. The lowest BCUT2D eigenvalue weighted by Crippen LogP contribution is -2.06. The summed E-state index contributed by atoms with van der Waals surface area (Å²) in [5.74, 6) is 0. The first kappa shape index (κ1) is 11.1. The number of fused-ring (bicyclic) bond motifs is 1. The SMILES string of the molecule is [B]c1ccc(C)cc1-c1ccc2ccccc2c1. The number of benzene rings is 3. The zero-order chi connectivity index (χ0) is 12.5. The van der Waals surface area contributed by atoms with E-state index in [1.165, 1.54) is 21.9 Å². The van der Waals surface area contributed by atoms with Gasteiger partial charge in [-0.3, -0.25) is 0 Å². The van der Waals surface area contributed by atoms with E-state index in [-0.39, 0.29) is 0 Å². The lowest BCUT2D eigenvalue weighted by Gasteiger charge is -2.09. The standard InChI is InChI=1S/C17H13B/c1-12-6-9-17(18)16(10-12)15-8-7-13-4-2-3-5-14(13)11-15/h2-11H,1H3. The van der Waals surface area contributed by atoms with E-state index in [1.807, 2.05) is 12.1 Å². The summed E-state index contributed by atoms with van der Waals surface area (Å²) < 4.78 is 0. The molecule has 3 aromatic rings. The molecule has 0 amide bonds. The van der Waals surface area contributed by atoms with Crippen molar-refractivity contribution in [2.24, 2.45) is 0 Å². The number of aryl methyl sites for hydroxylation is 1. The van der Waals surface area contributed by atoms with Gasteiger partial charge in [0.1, 0.15) is 7.85 Å². The molecule has 18 heavy (non-hydrogen) atoms. The van der Waals surface area contributed by atoms with Gasteiger partial charge in [-0.05, 0) is 34.9 Å². The van der Waals surface area contributed by atoms with E-state index in [0.29, 0.717) is 0 Å². The van der Waals surface area contributed by atoms with Gasteiger partial charge in [-0.1, -0.05) is 65.6 Å². The van der Waals surface area contributed by atoms with Gasteiger partial charge in [-0.2, -0.15) is 0 Å². The second-order valence-corrected chi connectivity index (χ2v) is 4.65. The quantitative estimate of drug-likeness (QED) is 0.558. The summed E-state index contributed by atoms with van der Waals surface area (Å²) in [5.41, 5.74) is 4.35. The molecular weight excluding hydrogens is 215 g/mol. The van der Waals surface area contributed by atoms with Crippen LogP contribution in [0.1, 0.15) is 5.56 Å². The molecule has 0 N–H and O–H groups in total. The van der Waals surface area contributed by atoms with Crippen LogP contribution in [0, 0.1) is 6.92 Å². The summed E-state index contributed by atoms with van der Waals surface area (Å²) in [6.07, 6.45) is 0. The van der Waals surface area contributed by atoms with Crippen molar-refractivity contribution in [1.82, 2.24) is 0 Å². The first-order chi connectivity index (χ1) is 8.74. The third kappa shape index (κ3) is 1.93. The molecule has 3 rings (SSSR count). The van der Waals surface area contributed by atoms with Crippen molar-refractivity contribution < 1.29 is 0 Å². The molecule has 0 spiro atoms. The molecule has 0 aliphatic rings. The van der Waals surface area contributed by atoms with Crippen molar-refractivity contribution >= 4 is 24.1 Å². The maximum atomic E-state index is 6.07. The Bertz CT molecular complexity index is 714. The Kier molecular flexibility index (Phi) is 2.68. The Morgan fingerprint density at radius 2 is 1.56 bits per heavy atom. The second-order valence-electron chi connectivity index (χ2n) is 4.65. The smallest absolute Gasteiger partial charge is 0.0890 e. The van der Waals surface area contributed by atoms with Crippen LogP contribution >= 0.6 is 0 Å². The molecule has 3 aromatic carbocycles. The Labute approximate surface area is 109 Å². The highest BCUT2D eigenvalue weighted by Crippen LogP contribution is 2.23. The van der Waals surface area contributed by atoms with Gasteiger partial charge in [0, 0.05) is 0 Å². The summed E-state index contributed by atoms with van der Waals surface area (Å²) >= 11 is 0. The van der Waals surface area contributed by atoms with Crippen LogP contribution in [-0.2, 0) is 0 Å². The van der Waals surface area contributed by atoms with E-state index in [1.54, 1.807) is 0 Å². The number of hydrogen-bond donors (Lipinski definition) is 0. The van der Waals surface area contributed by atoms with Crippen molar-refractivity contribution in [2.45, 2.75) is 6.92 Å². The predicted octanol–water partition coefficient (Wildman–Crippen LogP) is 3.61. The molecule has 2 radical (unpaired) electrons. The Morgan fingerprint density at radius 3 is 2.39 bits per heavy atom. The van der Waals surface area contributed by atoms with Crippen LogP contribution < -0.4 is 5.46 Å². The Balaban J connectivity index is 2.22. The van der Waals surface area contributed by atoms with Crippen molar-refractivity contribution in [3.63, 3.8) is 0 Å². The average molecular weight is 228 g/mol. The third-order valence-electron chi connectivity index (χ3n) is 3.27. The lowest BCUT2D eigenvalue weighted by atomic mass is 9.85. The third-order valence-corrected chi connectivity index (χ3v) is 3.27. The molecule has 0 aromatic heterocycles. The van der Waals surface area contributed by atoms with E-state index < -0.39 is 0 Å². The lowest BCUT2D eigenvalue weighted by molar-refractivity contribution is 1.48. The first-order valence-corrected chi connectivity index (χ1v) is 6.09. The molecule has 0 saturated heterocycles. The van der Waals surface area contributed by atoms with Gasteiger partial charge in [0.25, 0.3) is 0 Å². The maximum absolute atomic E-state index is 6.07. The van der Waals surface area contributed by atoms with E-state index in [0.717, 1.165) is 11.0 Å². The van der Waals surface area contributed by atoms with E-state index in [2.05, 4.69) is 55.5 Å². The van der Waals surface area contributed by atoms with Crippen molar-refractivity contribution in [3.05, 3.63) is 66.2 Å². The van der Waals surface area contributed by atoms with E-state index in [4.69, 9.17) is 7.85 Å². The zero-order valence-corrected chi connectivity index (χ0v) is 10.4. The molecule has 0 atom stereocenters. The molecule has 0 aliphatic carbocycles. The van der Waals surface area contributed by atoms with E-state index in [9.17, 15) is 0 Å². The minimum Gasteiger partial charge on any atom is -0.0890 e. The fourth-order valence-electron chi connectivity index (χ4n) is 2.28. The monoisotopic (exact) mass is 228 g/mol. The molecule has 0 nitrogen and oxygen atoms in total. The van der Waals surface area contributed by atoms with Gasteiger partial charge in [-0.15, -0.1) is 0 Å². The van der Waals surface area contributed by atoms with Crippen LogP contribution in [0.5, 0.6) is 0 Å². The van der Waals surface area contributed by atoms with Gasteiger partial charge in [0.2, 0.25) is 0 Å². The average Bonchev–Trinajstić information content (AvgIpc) is 2.41. The van der Waals surface area contributed by atoms with Crippen LogP contribution in [-0.4, -0.2) is 7.85 Å². The van der Waals surface area contributed by atoms with Gasteiger partial charge < -0.3 is 0 Å². The highest BCUT2D eigenvalue weighted by Gasteiger charge is 2.02. The summed E-state index contributed by atoms with van der Waals surface area (Å²) in [7, 11) is 6.07. The Hall–Kier alpha value is -2.02. The number of hydrogen-bond acceptors (Lipinski definition) is 0.